The zero-order chi connectivity index (χ0) is 79.5. The van der Waals surface area contributed by atoms with Gasteiger partial charge in [0.25, 0.3) is 0 Å². The van der Waals surface area contributed by atoms with Gasteiger partial charge in [0.05, 0.1) is 67.4 Å². The zero-order valence-electron chi connectivity index (χ0n) is 66.7. The summed E-state index contributed by atoms with van der Waals surface area (Å²) < 4.78 is 13.2. The van der Waals surface area contributed by atoms with Gasteiger partial charge in [-0.05, 0) is 195 Å². The van der Waals surface area contributed by atoms with Crippen LogP contribution in [0.1, 0.15) is 22.3 Å². The molecule has 0 amide bonds. The Labute approximate surface area is 732 Å². The van der Waals surface area contributed by atoms with Crippen LogP contribution in [0.2, 0.25) is 0 Å². The molecular formula is C109H71N11Pt2. The maximum Gasteiger partial charge on any atom is 2.00 e. The summed E-state index contributed by atoms with van der Waals surface area (Å²) in [6.07, 6.45) is 3.94. The first-order valence-electron chi connectivity index (χ1n) is 40.8. The number of hydrogen-bond donors (Lipinski definition) is 0. The molecular weight excluding hydrogens is 1850 g/mol. The number of nitrogens with zero attached hydrogens (tertiary/aromatic N) is 11. The van der Waals surface area contributed by atoms with E-state index < -0.39 is 0 Å². The van der Waals surface area contributed by atoms with Gasteiger partial charge < -0.3 is 27.4 Å². The molecule has 0 saturated carbocycles. The van der Waals surface area contributed by atoms with Crippen LogP contribution in [-0.2, 0) is 83.2 Å². The van der Waals surface area contributed by atoms with Crippen LogP contribution in [0.25, 0.3) is 222 Å². The van der Waals surface area contributed by atoms with E-state index in [1.165, 1.54) is 83.1 Å². The number of pyridine rings is 1. The summed E-state index contributed by atoms with van der Waals surface area (Å²) in [7, 11) is 8.34. The Hall–Kier alpha value is -14.2. The van der Waals surface area contributed by atoms with E-state index in [1.807, 2.05) is 18.3 Å². The normalized spacial score (nSPS) is 12.1. The van der Waals surface area contributed by atoms with Crippen LogP contribution < -0.4 is 0 Å². The van der Waals surface area contributed by atoms with Crippen LogP contribution in [0.4, 0.5) is 0 Å². The number of para-hydroxylation sites is 4. The Morgan fingerprint density at radius 1 is 0.254 bits per heavy atom. The van der Waals surface area contributed by atoms with Crippen molar-refractivity contribution in [2.45, 2.75) is 12.8 Å². The number of rotatable bonds is 10. The fraction of sp³-hybridized carbons (Fsp3) is 0.0550. The van der Waals surface area contributed by atoms with Crippen molar-refractivity contribution in [3.8, 4) is 124 Å². The summed E-state index contributed by atoms with van der Waals surface area (Å²) in [5, 5.41) is 6.78. The van der Waals surface area contributed by atoms with E-state index in [-0.39, 0.29) is 42.1 Å². The van der Waals surface area contributed by atoms with Gasteiger partial charge >= 0.3 is 42.1 Å². The molecule has 0 spiro atoms. The Morgan fingerprint density at radius 3 is 1.32 bits per heavy atom. The minimum atomic E-state index is 0. The Morgan fingerprint density at radius 2 is 0.689 bits per heavy atom. The summed E-state index contributed by atoms with van der Waals surface area (Å²) in [6.45, 7) is 0. The molecule has 0 unspecified atom stereocenters. The van der Waals surface area contributed by atoms with Gasteiger partial charge in [-0.25, -0.2) is 4.98 Å². The standard InChI is InChI=1S/C56H36N6.C53H35N5.2Pt/c1-60-51-20-8-7-19-49(51)58-54(60)38-14-9-15-42(29-38)62-53-32-39(22-25-47(53)48-30-41(33-57-56(48)62)45-18-10-13-34-11-3-5-16-43(34)45)55-59-50-31-36(23-26-52(50)61(55)2)35-21-24-46-40(27-35)28-37-12-4-6-17-44(37)46;1-56-49-18-9-8-17-46(49)54-52(56)38-14-10-15-41(29-38)58-48-26-22-35(33-11-4-3-5-12-33)30-45(48)44-24-20-39(32-50(44)58)53-55-47-25-21-36(31-51(47)57(53)2)34-19-23-43-40(27-34)28-37-13-6-7-16-42(37)43;;/h3-27,30-31,33H,28H2,1-2H3;3-27,30-31H,28H2,1-2H3;;/q2*-2;2*+2. The summed E-state index contributed by atoms with van der Waals surface area (Å²) >= 11 is 0. The molecule has 13 heteroatoms. The van der Waals surface area contributed by atoms with Gasteiger partial charge in [-0.1, -0.05) is 223 Å². The first kappa shape index (κ1) is 74.1. The minimum absolute atomic E-state index is 0. The summed E-state index contributed by atoms with van der Waals surface area (Å²) in [6, 6.07) is 132. The topological polar surface area (TPSA) is 94.0 Å². The largest absolute Gasteiger partial charge is 2.00 e. The van der Waals surface area contributed by atoms with Crippen molar-refractivity contribution in [2.24, 2.45) is 28.2 Å². The van der Waals surface area contributed by atoms with Crippen molar-refractivity contribution < 1.29 is 42.1 Å². The molecule has 2 aliphatic rings. The monoisotopic (exact) mass is 1920 g/mol. The Bertz CT molecular complexity index is 8250. The van der Waals surface area contributed by atoms with E-state index in [4.69, 9.17) is 24.9 Å². The number of fused-ring (bicyclic) bond motifs is 17. The van der Waals surface area contributed by atoms with E-state index in [9.17, 15) is 0 Å². The van der Waals surface area contributed by atoms with Gasteiger partial charge in [-0.15, -0.1) is 107 Å². The molecule has 11 nitrogen and oxygen atoms in total. The van der Waals surface area contributed by atoms with Gasteiger partial charge in [-0.2, -0.15) is 0 Å². The van der Waals surface area contributed by atoms with E-state index in [0.29, 0.717) is 0 Å². The maximum absolute atomic E-state index is 5.29. The second-order valence-electron chi connectivity index (χ2n) is 31.8. The molecule has 0 aliphatic heterocycles. The van der Waals surface area contributed by atoms with Gasteiger partial charge in [0.1, 0.15) is 5.65 Å². The van der Waals surface area contributed by atoms with Crippen LogP contribution in [0.5, 0.6) is 0 Å². The van der Waals surface area contributed by atoms with E-state index >= 15 is 0 Å². The predicted molar refractivity (Wildman–Crippen MR) is 489 cm³/mol. The number of hydrogen-bond acceptors (Lipinski definition) is 5. The van der Waals surface area contributed by atoms with Gasteiger partial charge in [0.15, 0.2) is 0 Å². The van der Waals surface area contributed by atoms with Crippen LogP contribution in [0.3, 0.4) is 0 Å². The number of aryl methyl sites for hydroxylation is 4. The first-order valence-corrected chi connectivity index (χ1v) is 40.8. The molecule has 0 saturated heterocycles. The smallest absolute Gasteiger partial charge is 0.367 e. The predicted octanol–water partition coefficient (Wildman–Crippen LogP) is 25.3. The number of benzene rings is 16. The molecule has 16 aromatic carbocycles. The molecule has 0 fully saturated rings. The Kier molecular flexibility index (Phi) is 17.8. The van der Waals surface area contributed by atoms with E-state index in [2.05, 4.69) is 395 Å². The van der Waals surface area contributed by atoms with Crippen molar-refractivity contribution in [2.75, 3.05) is 0 Å². The molecule has 582 valence electrons. The van der Waals surface area contributed by atoms with Crippen LogP contribution >= 0.6 is 0 Å². The van der Waals surface area contributed by atoms with E-state index in [1.54, 1.807) is 0 Å². The van der Waals surface area contributed by atoms with Gasteiger partial charge in [0.2, 0.25) is 0 Å². The van der Waals surface area contributed by atoms with Crippen molar-refractivity contribution in [3.05, 3.63) is 380 Å². The molecule has 0 bridgehead atoms. The number of aromatic nitrogens is 11. The van der Waals surface area contributed by atoms with Gasteiger partial charge in [0, 0.05) is 45.5 Å². The second kappa shape index (κ2) is 29.3. The van der Waals surface area contributed by atoms with Crippen molar-refractivity contribution in [1.82, 2.24) is 52.3 Å². The minimum Gasteiger partial charge on any atom is -0.367 e. The van der Waals surface area contributed by atoms with Gasteiger partial charge in [-0.3, -0.25) is 19.9 Å². The quantitative estimate of drug-likeness (QED) is 0.127. The third-order valence-corrected chi connectivity index (χ3v) is 25.0. The summed E-state index contributed by atoms with van der Waals surface area (Å²) in [5.74, 6) is 3.46. The van der Waals surface area contributed by atoms with E-state index in [0.717, 1.165) is 174 Å². The molecule has 0 N–H and O–H groups in total. The van der Waals surface area contributed by atoms with Crippen molar-refractivity contribution in [3.63, 3.8) is 0 Å². The first-order chi connectivity index (χ1) is 59.1. The Balaban J connectivity index is 0.000000144. The van der Waals surface area contributed by atoms with Crippen LogP contribution in [0, 0.1) is 24.3 Å². The average Bonchev–Trinajstić information content (AvgIpc) is 1.57. The second-order valence-corrected chi connectivity index (χ2v) is 31.8. The molecule has 7 heterocycles. The number of imidazole rings is 4. The molecule has 7 aromatic heterocycles. The SMILES string of the molecule is Cn1c(-c2[c-]c(-n3c4[c-]c(-c5nc6cc(-c7ccc8c(c7)Cc7ccccc7-8)ccc6n5C)ccc4c4cc(-c5cccc6ccccc56)cnc43)ccc2)nc2ccccc21.Cn1c(-c2[c-]c(-n3c4[c-]c(-c5nc6ccc(-c7ccc8c(c7)Cc7ccccc7-8)cc6n5C)ccc4c4cc(-c5ccccc5)ccc43)ccc2)nc2ccccc21.[Pt+2].[Pt+2]. The third-order valence-electron chi connectivity index (χ3n) is 25.0. The van der Waals surface area contributed by atoms with Crippen LogP contribution in [0.15, 0.2) is 334 Å². The molecule has 23 aromatic rings. The summed E-state index contributed by atoms with van der Waals surface area (Å²) in [4.78, 5) is 25.8. The molecule has 0 atom stereocenters. The zero-order valence-corrected chi connectivity index (χ0v) is 71.3. The van der Waals surface area contributed by atoms with Crippen LogP contribution in [-0.4, -0.2) is 52.3 Å². The third kappa shape index (κ3) is 12.0. The van der Waals surface area contributed by atoms with Crippen molar-refractivity contribution >= 4 is 98.6 Å². The fourth-order valence-electron chi connectivity index (χ4n) is 19.0. The fourth-order valence-corrected chi connectivity index (χ4v) is 19.0. The molecule has 2 aliphatic carbocycles. The summed E-state index contributed by atoms with van der Waals surface area (Å²) in [5.41, 5.74) is 37.7. The average molecular weight is 1920 g/mol. The molecule has 0 radical (unpaired) electrons. The molecule has 25 rings (SSSR count). The van der Waals surface area contributed by atoms with Crippen molar-refractivity contribution in [1.29, 1.82) is 0 Å². The maximum atomic E-state index is 5.29. The molecule has 122 heavy (non-hydrogen) atoms.